The molecule has 0 saturated carbocycles. The number of ether oxygens (including phenoxy) is 3. The maximum absolute atomic E-state index is 12.6. The standard InChI is InChI=1S/C19H23F2N3O3.HI/c1-22-19(23-11-13-6-4-5-7-16(13)26-3)24-12-14-10-15(25-2)8-9-17(14)27-18(20)21;/h4-10,18H,11-12H2,1-3H3,(H2,22,23,24);1H. The topological polar surface area (TPSA) is 64.1 Å². The Hall–Kier alpha value is -2.30. The van der Waals surface area contributed by atoms with Crippen molar-refractivity contribution in [3.63, 3.8) is 0 Å². The van der Waals surface area contributed by atoms with Crippen molar-refractivity contribution < 1.29 is 23.0 Å². The first-order chi connectivity index (χ1) is 13.1. The van der Waals surface area contributed by atoms with Crippen molar-refractivity contribution in [3.05, 3.63) is 53.6 Å². The molecule has 0 spiro atoms. The number of halogens is 3. The smallest absolute Gasteiger partial charge is 0.387 e. The molecule has 0 aromatic heterocycles. The molecule has 0 aliphatic heterocycles. The Balaban J connectivity index is 0.00000392. The van der Waals surface area contributed by atoms with E-state index in [1.54, 1.807) is 26.3 Å². The molecule has 0 heterocycles. The lowest BCUT2D eigenvalue weighted by Gasteiger charge is -2.16. The molecular formula is C19H24F2IN3O3. The van der Waals surface area contributed by atoms with Crippen LogP contribution in [-0.4, -0.2) is 33.8 Å². The number of para-hydroxylation sites is 1. The van der Waals surface area contributed by atoms with Crippen molar-refractivity contribution >= 4 is 29.9 Å². The summed E-state index contributed by atoms with van der Waals surface area (Å²) >= 11 is 0. The molecule has 2 aromatic carbocycles. The molecule has 0 atom stereocenters. The van der Waals surface area contributed by atoms with Crippen molar-refractivity contribution in [1.29, 1.82) is 0 Å². The van der Waals surface area contributed by atoms with Crippen LogP contribution in [0, 0.1) is 0 Å². The fraction of sp³-hybridized carbons (Fsp3) is 0.316. The maximum atomic E-state index is 12.6. The quantitative estimate of drug-likeness (QED) is 0.324. The van der Waals surface area contributed by atoms with Gasteiger partial charge in [-0.05, 0) is 24.3 Å². The summed E-state index contributed by atoms with van der Waals surface area (Å²) in [5.41, 5.74) is 1.49. The second kappa shape index (κ2) is 12.2. The van der Waals surface area contributed by atoms with Gasteiger partial charge in [-0.15, -0.1) is 24.0 Å². The van der Waals surface area contributed by atoms with E-state index in [2.05, 4.69) is 20.4 Å². The van der Waals surface area contributed by atoms with Gasteiger partial charge in [0.05, 0.1) is 14.2 Å². The molecule has 0 amide bonds. The number of guanidine groups is 1. The average molecular weight is 507 g/mol. The zero-order valence-corrected chi connectivity index (χ0v) is 18.2. The van der Waals surface area contributed by atoms with Gasteiger partial charge in [0.2, 0.25) is 0 Å². The number of rotatable bonds is 8. The summed E-state index contributed by atoms with van der Waals surface area (Å²) in [4.78, 5) is 4.14. The first-order valence-corrected chi connectivity index (χ1v) is 8.25. The van der Waals surface area contributed by atoms with E-state index in [0.717, 1.165) is 11.3 Å². The van der Waals surface area contributed by atoms with E-state index in [1.165, 1.54) is 13.2 Å². The molecule has 0 radical (unpaired) electrons. The van der Waals surface area contributed by atoms with E-state index < -0.39 is 6.61 Å². The lowest BCUT2D eigenvalue weighted by atomic mass is 10.2. The van der Waals surface area contributed by atoms with E-state index in [1.807, 2.05) is 24.3 Å². The van der Waals surface area contributed by atoms with Gasteiger partial charge in [0.25, 0.3) is 0 Å². The molecule has 154 valence electrons. The average Bonchev–Trinajstić information content (AvgIpc) is 2.68. The molecule has 0 saturated heterocycles. The molecular weight excluding hydrogens is 483 g/mol. The van der Waals surface area contributed by atoms with E-state index >= 15 is 0 Å². The summed E-state index contributed by atoms with van der Waals surface area (Å²) in [6, 6.07) is 12.3. The summed E-state index contributed by atoms with van der Waals surface area (Å²) in [7, 11) is 4.74. The van der Waals surface area contributed by atoms with Crippen molar-refractivity contribution in [2.24, 2.45) is 4.99 Å². The minimum Gasteiger partial charge on any atom is -0.497 e. The minimum absolute atomic E-state index is 0. The molecule has 0 aliphatic carbocycles. The predicted octanol–water partition coefficient (Wildman–Crippen LogP) is 3.79. The van der Waals surface area contributed by atoms with Crippen LogP contribution in [0.2, 0.25) is 0 Å². The van der Waals surface area contributed by atoms with Crippen LogP contribution >= 0.6 is 24.0 Å². The van der Waals surface area contributed by atoms with Crippen LogP contribution in [0.4, 0.5) is 8.78 Å². The van der Waals surface area contributed by atoms with Gasteiger partial charge in [-0.1, -0.05) is 18.2 Å². The normalized spacial score (nSPS) is 10.9. The second-order valence-corrected chi connectivity index (χ2v) is 5.44. The highest BCUT2D eigenvalue weighted by Gasteiger charge is 2.12. The maximum Gasteiger partial charge on any atom is 0.387 e. The zero-order chi connectivity index (χ0) is 19.6. The van der Waals surface area contributed by atoms with Crippen molar-refractivity contribution in [2.75, 3.05) is 21.3 Å². The Morgan fingerprint density at radius 1 is 0.964 bits per heavy atom. The number of hydrogen-bond acceptors (Lipinski definition) is 4. The van der Waals surface area contributed by atoms with Crippen LogP contribution in [0.25, 0.3) is 0 Å². The fourth-order valence-electron chi connectivity index (χ4n) is 2.46. The van der Waals surface area contributed by atoms with Crippen LogP contribution in [0.15, 0.2) is 47.5 Å². The third kappa shape index (κ3) is 7.02. The Kier molecular flexibility index (Phi) is 10.4. The number of methoxy groups -OCH3 is 2. The molecule has 2 aromatic rings. The third-order valence-electron chi connectivity index (χ3n) is 3.79. The fourth-order valence-corrected chi connectivity index (χ4v) is 2.46. The highest BCUT2D eigenvalue weighted by atomic mass is 127. The van der Waals surface area contributed by atoms with Crippen LogP contribution in [-0.2, 0) is 13.1 Å². The van der Waals surface area contributed by atoms with Crippen LogP contribution < -0.4 is 24.8 Å². The summed E-state index contributed by atoms with van der Waals surface area (Å²) < 4.78 is 40.2. The van der Waals surface area contributed by atoms with Gasteiger partial charge in [0.1, 0.15) is 17.2 Å². The van der Waals surface area contributed by atoms with E-state index in [9.17, 15) is 8.78 Å². The van der Waals surface area contributed by atoms with Gasteiger partial charge in [-0.2, -0.15) is 8.78 Å². The molecule has 0 aliphatic rings. The minimum atomic E-state index is -2.90. The van der Waals surface area contributed by atoms with E-state index in [4.69, 9.17) is 9.47 Å². The molecule has 2 rings (SSSR count). The number of alkyl halides is 2. The van der Waals surface area contributed by atoms with Crippen LogP contribution in [0.5, 0.6) is 17.2 Å². The van der Waals surface area contributed by atoms with Gasteiger partial charge < -0.3 is 24.8 Å². The van der Waals surface area contributed by atoms with Crippen molar-refractivity contribution in [1.82, 2.24) is 10.6 Å². The SMILES string of the molecule is CN=C(NCc1ccccc1OC)NCc1cc(OC)ccc1OC(F)F.I. The van der Waals surface area contributed by atoms with Gasteiger partial charge in [0.15, 0.2) is 5.96 Å². The van der Waals surface area contributed by atoms with Gasteiger partial charge in [-0.25, -0.2) is 0 Å². The van der Waals surface area contributed by atoms with E-state index in [0.29, 0.717) is 23.8 Å². The predicted molar refractivity (Wildman–Crippen MR) is 115 cm³/mol. The summed E-state index contributed by atoms with van der Waals surface area (Å²) in [5.74, 6) is 1.90. The van der Waals surface area contributed by atoms with Crippen LogP contribution in [0.1, 0.15) is 11.1 Å². The lowest BCUT2D eigenvalue weighted by molar-refractivity contribution is -0.0504. The van der Waals surface area contributed by atoms with Gasteiger partial charge >= 0.3 is 6.61 Å². The van der Waals surface area contributed by atoms with Gasteiger partial charge in [-0.3, -0.25) is 4.99 Å². The third-order valence-corrected chi connectivity index (χ3v) is 3.79. The monoisotopic (exact) mass is 507 g/mol. The molecule has 0 bridgehead atoms. The summed E-state index contributed by atoms with van der Waals surface area (Å²) in [5, 5.41) is 6.23. The largest absolute Gasteiger partial charge is 0.497 e. The Morgan fingerprint density at radius 3 is 2.25 bits per heavy atom. The number of hydrogen-bond donors (Lipinski definition) is 2. The van der Waals surface area contributed by atoms with E-state index in [-0.39, 0.29) is 36.3 Å². The molecule has 0 fully saturated rings. The Labute approximate surface area is 180 Å². The summed E-state index contributed by atoms with van der Waals surface area (Å²) in [6.07, 6.45) is 0. The number of aliphatic imine (C=N–C) groups is 1. The lowest BCUT2D eigenvalue weighted by Crippen LogP contribution is -2.36. The highest BCUT2D eigenvalue weighted by molar-refractivity contribution is 14.0. The first-order valence-electron chi connectivity index (χ1n) is 8.25. The molecule has 28 heavy (non-hydrogen) atoms. The van der Waals surface area contributed by atoms with Crippen LogP contribution in [0.3, 0.4) is 0 Å². The molecule has 0 unspecified atom stereocenters. The Bertz CT molecular complexity index is 776. The molecule has 6 nitrogen and oxygen atoms in total. The number of nitrogens with zero attached hydrogens (tertiary/aromatic N) is 1. The number of nitrogens with one attached hydrogen (secondary N) is 2. The van der Waals surface area contributed by atoms with Gasteiger partial charge in [0, 0.05) is 31.3 Å². The Morgan fingerprint density at radius 2 is 1.64 bits per heavy atom. The zero-order valence-electron chi connectivity index (χ0n) is 15.9. The van der Waals surface area contributed by atoms with Crippen molar-refractivity contribution in [2.45, 2.75) is 19.7 Å². The highest BCUT2D eigenvalue weighted by Crippen LogP contribution is 2.25. The molecule has 2 N–H and O–H groups in total. The summed E-state index contributed by atoms with van der Waals surface area (Å²) in [6.45, 7) is -2.19. The molecule has 9 heteroatoms. The number of benzene rings is 2. The second-order valence-electron chi connectivity index (χ2n) is 5.44. The van der Waals surface area contributed by atoms with Crippen molar-refractivity contribution in [3.8, 4) is 17.2 Å². The first kappa shape index (κ1) is 23.7.